The van der Waals surface area contributed by atoms with E-state index in [0.29, 0.717) is 5.92 Å². The maximum absolute atomic E-state index is 12.9. The molecule has 1 amide bonds. The number of carbonyl (C=O) groups is 1. The van der Waals surface area contributed by atoms with Crippen LogP contribution in [0.5, 0.6) is 0 Å². The van der Waals surface area contributed by atoms with Gasteiger partial charge in [0.1, 0.15) is 0 Å². The van der Waals surface area contributed by atoms with Crippen molar-refractivity contribution in [1.82, 2.24) is 5.32 Å². The van der Waals surface area contributed by atoms with Crippen molar-refractivity contribution < 1.29 is 4.79 Å². The minimum Gasteiger partial charge on any atom is -0.353 e. The van der Waals surface area contributed by atoms with E-state index in [-0.39, 0.29) is 35.0 Å². The van der Waals surface area contributed by atoms with Crippen LogP contribution in [0.25, 0.3) is 0 Å². The van der Waals surface area contributed by atoms with E-state index in [4.69, 9.17) is 4.99 Å². The number of nitrogens with zero attached hydrogens (tertiary/aromatic N) is 1. The SMILES string of the molecule is CC(C)CCCC(C)NC(=O)C1CSC23C=CC=CC2=NCCC13.Cl. The molecule has 140 valence electrons. The van der Waals surface area contributed by atoms with Crippen molar-refractivity contribution in [3.8, 4) is 0 Å². The zero-order valence-electron chi connectivity index (χ0n) is 15.5. The second-order valence-electron chi connectivity index (χ2n) is 7.83. The van der Waals surface area contributed by atoms with Crippen molar-refractivity contribution in [2.45, 2.75) is 57.2 Å². The Hall–Kier alpha value is -0.740. The van der Waals surface area contributed by atoms with Crippen molar-refractivity contribution >= 4 is 35.8 Å². The summed E-state index contributed by atoms with van der Waals surface area (Å²) in [4.78, 5) is 17.6. The van der Waals surface area contributed by atoms with Crippen LogP contribution in [0.15, 0.2) is 29.3 Å². The van der Waals surface area contributed by atoms with Gasteiger partial charge in [0.15, 0.2) is 0 Å². The van der Waals surface area contributed by atoms with Crippen LogP contribution < -0.4 is 5.32 Å². The third-order valence-electron chi connectivity index (χ3n) is 5.51. The summed E-state index contributed by atoms with van der Waals surface area (Å²) in [6, 6.07) is 0.274. The highest BCUT2D eigenvalue weighted by Crippen LogP contribution is 2.52. The molecule has 2 heterocycles. The Morgan fingerprint density at radius 1 is 1.36 bits per heavy atom. The quantitative estimate of drug-likeness (QED) is 0.738. The number of halogens is 1. The van der Waals surface area contributed by atoms with E-state index in [0.717, 1.165) is 31.1 Å². The summed E-state index contributed by atoms with van der Waals surface area (Å²) >= 11 is 1.91. The van der Waals surface area contributed by atoms with Crippen LogP contribution in [0.3, 0.4) is 0 Å². The number of hydrogen-bond donors (Lipinski definition) is 1. The van der Waals surface area contributed by atoms with E-state index < -0.39 is 0 Å². The fraction of sp³-hybridized carbons (Fsp3) is 0.700. The Bertz CT molecular complexity index is 572. The molecule has 5 heteroatoms. The molecule has 0 bridgehead atoms. The van der Waals surface area contributed by atoms with Crippen LogP contribution in [-0.2, 0) is 4.79 Å². The summed E-state index contributed by atoms with van der Waals surface area (Å²) in [5.74, 6) is 2.41. The number of aliphatic imine (C=N–C) groups is 1. The zero-order chi connectivity index (χ0) is 17.2. The molecule has 25 heavy (non-hydrogen) atoms. The van der Waals surface area contributed by atoms with Gasteiger partial charge in [0, 0.05) is 18.3 Å². The molecule has 2 aliphatic heterocycles. The highest BCUT2D eigenvalue weighted by atomic mass is 35.5. The lowest BCUT2D eigenvalue weighted by Crippen LogP contribution is -2.47. The fourth-order valence-electron chi connectivity index (χ4n) is 4.17. The van der Waals surface area contributed by atoms with Crippen LogP contribution in [0.1, 0.15) is 46.5 Å². The molecule has 1 N–H and O–H groups in total. The minimum absolute atomic E-state index is 0. The van der Waals surface area contributed by atoms with Gasteiger partial charge in [-0.2, -0.15) is 0 Å². The molecule has 3 nitrogen and oxygen atoms in total. The van der Waals surface area contributed by atoms with E-state index in [1.54, 1.807) is 0 Å². The number of nitrogens with one attached hydrogen (secondary N) is 1. The van der Waals surface area contributed by atoms with E-state index in [1.165, 1.54) is 18.6 Å². The Kier molecular flexibility index (Phi) is 7.21. The molecule has 0 aromatic heterocycles. The summed E-state index contributed by atoms with van der Waals surface area (Å²) in [5, 5.41) is 3.29. The van der Waals surface area contributed by atoms with Crippen LogP contribution in [0.2, 0.25) is 0 Å². The highest BCUT2D eigenvalue weighted by molar-refractivity contribution is 8.02. The van der Waals surface area contributed by atoms with Gasteiger partial charge < -0.3 is 5.32 Å². The first-order valence-corrected chi connectivity index (χ1v) is 10.4. The van der Waals surface area contributed by atoms with E-state index >= 15 is 0 Å². The van der Waals surface area contributed by atoms with Crippen LogP contribution >= 0.6 is 24.2 Å². The normalized spacial score (nSPS) is 31.0. The van der Waals surface area contributed by atoms with Crippen molar-refractivity contribution in [2.24, 2.45) is 22.7 Å². The minimum atomic E-state index is -0.0457. The van der Waals surface area contributed by atoms with Gasteiger partial charge in [-0.15, -0.1) is 24.2 Å². The molecule has 0 radical (unpaired) electrons. The van der Waals surface area contributed by atoms with Gasteiger partial charge in [0.05, 0.1) is 16.4 Å². The molecule has 1 fully saturated rings. The van der Waals surface area contributed by atoms with Gasteiger partial charge in [-0.05, 0) is 37.7 Å². The zero-order valence-corrected chi connectivity index (χ0v) is 17.2. The number of hydrogen-bond acceptors (Lipinski definition) is 3. The molecule has 1 spiro atoms. The molecule has 0 aromatic rings. The Balaban J connectivity index is 0.00000225. The number of thioether (sulfide) groups is 1. The van der Waals surface area contributed by atoms with Crippen molar-refractivity contribution in [2.75, 3.05) is 12.3 Å². The summed E-state index contributed by atoms with van der Waals surface area (Å²) in [7, 11) is 0. The fourth-order valence-corrected chi connectivity index (χ4v) is 5.97. The number of rotatable bonds is 6. The maximum atomic E-state index is 12.9. The molecule has 4 atom stereocenters. The Morgan fingerprint density at radius 2 is 2.16 bits per heavy atom. The molecule has 1 saturated heterocycles. The lowest BCUT2D eigenvalue weighted by Gasteiger charge is -2.38. The molecular formula is C20H31ClN2OS. The standard InChI is InChI=1S/C20H30N2OS.ClH/c1-14(2)7-6-8-15(3)22-19(23)16-13-24-20-11-5-4-9-18(20)21-12-10-17(16)20;/h4-5,9,11,14-17H,6-8,10,12-13H2,1-3H3,(H,22,23);1H. The maximum Gasteiger partial charge on any atom is 0.224 e. The lowest BCUT2D eigenvalue weighted by atomic mass is 9.74. The number of carbonyl (C=O) groups excluding carboxylic acids is 1. The third-order valence-corrected chi connectivity index (χ3v) is 7.17. The molecule has 0 aromatic carbocycles. The number of amides is 1. The molecule has 4 unspecified atom stereocenters. The second kappa shape index (κ2) is 8.77. The molecule has 0 saturated carbocycles. The third kappa shape index (κ3) is 4.33. The average molecular weight is 383 g/mol. The largest absolute Gasteiger partial charge is 0.353 e. The van der Waals surface area contributed by atoms with Crippen LogP contribution in [-0.4, -0.2) is 34.7 Å². The monoisotopic (exact) mass is 382 g/mol. The van der Waals surface area contributed by atoms with Crippen LogP contribution in [0.4, 0.5) is 0 Å². The predicted octanol–water partition coefficient (Wildman–Crippen LogP) is 4.43. The predicted molar refractivity (Wildman–Crippen MR) is 111 cm³/mol. The van der Waals surface area contributed by atoms with Crippen LogP contribution in [0, 0.1) is 17.8 Å². The molecule has 3 aliphatic rings. The topological polar surface area (TPSA) is 41.5 Å². The first-order valence-electron chi connectivity index (χ1n) is 9.38. The van der Waals surface area contributed by atoms with Gasteiger partial charge in [-0.25, -0.2) is 0 Å². The van der Waals surface area contributed by atoms with Crippen molar-refractivity contribution in [3.05, 3.63) is 24.3 Å². The molecular weight excluding hydrogens is 352 g/mol. The van der Waals surface area contributed by atoms with Crippen molar-refractivity contribution in [1.29, 1.82) is 0 Å². The van der Waals surface area contributed by atoms with E-state index in [1.807, 2.05) is 11.8 Å². The van der Waals surface area contributed by atoms with Crippen molar-refractivity contribution in [3.63, 3.8) is 0 Å². The Morgan fingerprint density at radius 3 is 2.92 bits per heavy atom. The van der Waals surface area contributed by atoms with E-state index in [2.05, 4.69) is 50.4 Å². The van der Waals surface area contributed by atoms with Gasteiger partial charge in [0.25, 0.3) is 0 Å². The van der Waals surface area contributed by atoms with Gasteiger partial charge in [-0.3, -0.25) is 9.79 Å². The summed E-state index contributed by atoms with van der Waals surface area (Å²) in [6.07, 6.45) is 13.1. The lowest BCUT2D eigenvalue weighted by molar-refractivity contribution is -0.126. The smallest absolute Gasteiger partial charge is 0.224 e. The second-order valence-corrected chi connectivity index (χ2v) is 9.12. The number of allylic oxidation sites excluding steroid dienone is 3. The van der Waals surface area contributed by atoms with Gasteiger partial charge in [-0.1, -0.05) is 44.9 Å². The summed E-state index contributed by atoms with van der Waals surface area (Å²) in [5.41, 5.74) is 1.17. The molecule has 3 rings (SSSR count). The summed E-state index contributed by atoms with van der Waals surface area (Å²) in [6.45, 7) is 7.51. The first kappa shape index (κ1) is 20.6. The van der Waals surface area contributed by atoms with E-state index in [9.17, 15) is 4.79 Å². The van der Waals surface area contributed by atoms with Gasteiger partial charge >= 0.3 is 0 Å². The first-order chi connectivity index (χ1) is 11.5. The van der Waals surface area contributed by atoms with Gasteiger partial charge in [0.2, 0.25) is 5.91 Å². The Labute approximate surface area is 162 Å². The summed E-state index contributed by atoms with van der Waals surface area (Å²) < 4.78 is -0.0457. The average Bonchev–Trinajstić information content (AvgIpc) is 2.92. The highest BCUT2D eigenvalue weighted by Gasteiger charge is 2.54. The molecule has 1 aliphatic carbocycles.